The van der Waals surface area contributed by atoms with Gasteiger partial charge in [-0.25, -0.2) is 4.98 Å². The molecule has 3 N–H and O–H groups in total. The molecule has 3 atom stereocenters. The van der Waals surface area contributed by atoms with E-state index in [1.165, 1.54) is 0 Å². The minimum absolute atomic E-state index is 0.336. The highest BCUT2D eigenvalue weighted by Crippen LogP contribution is 2.38. The maximum Gasteiger partial charge on any atom is 0.249 e. The normalized spacial score (nSPS) is 21.9. The van der Waals surface area contributed by atoms with Crippen molar-refractivity contribution in [3.8, 4) is 5.88 Å². The van der Waals surface area contributed by atoms with Crippen LogP contribution in [-0.2, 0) is 22.4 Å². The number of carbonyl (C=O) groups excluding carboxylic acids is 1. The number of nitrogens with zero attached hydrogens (tertiary/aromatic N) is 3. The molecule has 1 aromatic carbocycles. The van der Waals surface area contributed by atoms with Gasteiger partial charge in [0.2, 0.25) is 11.8 Å². The van der Waals surface area contributed by atoms with Crippen LogP contribution in [-0.4, -0.2) is 77.1 Å². The summed E-state index contributed by atoms with van der Waals surface area (Å²) in [6.07, 6.45) is 3.85. The quantitative estimate of drug-likeness (QED) is 0.375. The van der Waals surface area contributed by atoms with Crippen molar-refractivity contribution in [1.29, 1.82) is 0 Å². The highest BCUT2D eigenvalue weighted by Gasteiger charge is 2.57. The average Bonchev–Trinajstić information content (AvgIpc) is 2.88. The molecule has 0 bridgehead atoms. The second-order valence-corrected chi connectivity index (χ2v) is 11.0. The van der Waals surface area contributed by atoms with E-state index in [0.717, 1.165) is 47.0 Å². The summed E-state index contributed by atoms with van der Waals surface area (Å²) in [5.41, 5.74) is 7.91. The Hall–Kier alpha value is -3.07. The van der Waals surface area contributed by atoms with E-state index in [0.29, 0.717) is 43.0 Å². The lowest BCUT2D eigenvalue weighted by molar-refractivity contribution is -0.948. The fourth-order valence-corrected chi connectivity index (χ4v) is 5.67. The van der Waals surface area contributed by atoms with E-state index >= 15 is 0 Å². The number of quaternary nitrogens is 1. The van der Waals surface area contributed by atoms with Gasteiger partial charge in [0.15, 0.2) is 6.10 Å². The summed E-state index contributed by atoms with van der Waals surface area (Å²) in [5, 5.41) is 13.7. The molecule has 0 saturated carbocycles. The summed E-state index contributed by atoms with van der Waals surface area (Å²) in [6, 6.07) is 14.3. The Bertz CT molecular complexity index is 1260. The SMILES string of the molecule is CCCCc1cc2ccccc2c(OCC[N+](C)(C)[C@@]2(Cc3ccnc(C)c3)CCOC(C(N)=O)[C@@H]2O)n1. The van der Waals surface area contributed by atoms with Gasteiger partial charge in [-0.1, -0.05) is 31.5 Å². The molecule has 1 fully saturated rings. The number of primary amides is 1. The standard InChI is InChI=1S/C30H40N4O4/c1-5-6-10-24-19-23-9-7-8-11-25(23)29(33-24)38-17-15-34(3,4)30(20-22-12-14-32-21(2)18-22)13-16-37-26(27(30)35)28(31)36/h7-9,11-12,14,18-19,26-27,35H,5-6,10,13,15-17,20H2,1-4H3,(H-,31,36)/p+1/t26?,27-,30+/m0/s1. The third kappa shape index (κ3) is 5.82. The van der Waals surface area contributed by atoms with Gasteiger partial charge in [0, 0.05) is 35.8 Å². The van der Waals surface area contributed by atoms with E-state index in [2.05, 4.69) is 38.1 Å². The van der Waals surface area contributed by atoms with E-state index in [9.17, 15) is 9.90 Å². The van der Waals surface area contributed by atoms with E-state index < -0.39 is 23.7 Å². The molecule has 0 spiro atoms. The van der Waals surface area contributed by atoms with Crippen LogP contribution in [0.5, 0.6) is 5.88 Å². The fraction of sp³-hybridized carbons (Fsp3) is 0.500. The number of aromatic nitrogens is 2. The molecular weight excluding hydrogens is 480 g/mol. The molecule has 1 saturated heterocycles. The van der Waals surface area contributed by atoms with Gasteiger partial charge in [0.05, 0.1) is 20.7 Å². The molecule has 8 heteroatoms. The number of nitrogens with two attached hydrogens (primary N) is 1. The zero-order valence-electron chi connectivity index (χ0n) is 23.0. The van der Waals surface area contributed by atoms with Crippen LogP contribution >= 0.6 is 0 Å². The molecule has 1 aliphatic heterocycles. The number of aliphatic hydroxyl groups is 1. The number of hydrogen-bond acceptors (Lipinski definition) is 6. The molecule has 1 aliphatic rings. The maximum atomic E-state index is 12.2. The van der Waals surface area contributed by atoms with Crippen molar-refractivity contribution in [2.75, 3.05) is 33.9 Å². The van der Waals surface area contributed by atoms with Crippen molar-refractivity contribution in [3.05, 3.63) is 65.6 Å². The molecule has 1 amide bonds. The summed E-state index contributed by atoms with van der Waals surface area (Å²) in [6.45, 7) is 5.44. The van der Waals surface area contributed by atoms with Crippen LogP contribution in [0.4, 0.5) is 0 Å². The number of unbranched alkanes of at least 4 members (excludes halogenated alkanes) is 1. The summed E-state index contributed by atoms with van der Waals surface area (Å²) in [4.78, 5) is 21.4. The molecule has 0 radical (unpaired) electrons. The van der Waals surface area contributed by atoms with Gasteiger partial charge in [-0.15, -0.1) is 0 Å². The molecule has 204 valence electrons. The molecule has 0 aliphatic carbocycles. The van der Waals surface area contributed by atoms with Crippen molar-refractivity contribution >= 4 is 16.7 Å². The third-order valence-corrected chi connectivity index (χ3v) is 8.06. The Morgan fingerprint density at radius 3 is 2.79 bits per heavy atom. The number of rotatable bonds is 11. The first kappa shape index (κ1) is 28.0. The molecular formula is C30H41N4O4+. The zero-order valence-corrected chi connectivity index (χ0v) is 23.0. The first-order valence-corrected chi connectivity index (χ1v) is 13.5. The first-order chi connectivity index (χ1) is 18.2. The van der Waals surface area contributed by atoms with Crippen molar-refractivity contribution in [2.45, 2.75) is 63.7 Å². The number of likely N-dealkylation sites (N-methyl/N-ethyl adjacent to an activating group) is 1. The number of aliphatic hydroxyl groups excluding tert-OH is 1. The Balaban J connectivity index is 1.61. The fourth-order valence-electron chi connectivity index (χ4n) is 5.67. The predicted molar refractivity (Wildman–Crippen MR) is 148 cm³/mol. The number of aryl methyl sites for hydroxylation is 2. The lowest BCUT2D eigenvalue weighted by Gasteiger charge is -2.54. The van der Waals surface area contributed by atoms with E-state index in [4.69, 9.17) is 20.2 Å². The number of pyridine rings is 2. The average molecular weight is 522 g/mol. The molecule has 4 rings (SSSR count). The highest BCUT2D eigenvalue weighted by atomic mass is 16.5. The lowest BCUT2D eigenvalue weighted by atomic mass is 9.75. The number of carbonyl (C=O) groups is 1. The second kappa shape index (κ2) is 11.8. The van der Waals surface area contributed by atoms with Crippen LogP contribution in [0.3, 0.4) is 0 Å². The van der Waals surface area contributed by atoms with Gasteiger partial charge >= 0.3 is 0 Å². The molecule has 3 aromatic rings. The lowest BCUT2D eigenvalue weighted by Crippen LogP contribution is -2.73. The molecule has 2 aromatic heterocycles. The van der Waals surface area contributed by atoms with Gasteiger partial charge in [-0.2, -0.15) is 0 Å². The second-order valence-electron chi connectivity index (χ2n) is 11.0. The zero-order chi connectivity index (χ0) is 27.3. The smallest absolute Gasteiger partial charge is 0.249 e. The molecule has 38 heavy (non-hydrogen) atoms. The van der Waals surface area contributed by atoms with Crippen LogP contribution < -0.4 is 10.5 Å². The van der Waals surface area contributed by atoms with Crippen LogP contribution in [0.15, 0.2) is 48.7 Å². The molecule has 3 heterocycles. The Morgan fingerprint density at radius 1 is 1.26 bits per heavy atom. The van der Waals surface area contributed by atoms with Gasteiger partial charge in [0.25, 0.3) is 0 Å². The summed E-state index contributed by atoms with van der Waals surface area (Å²) in [7, 11) is 4.15. The minimum Gasteiger partial charge on any atom is -0.471 e. The Labute approximate surface area is 225 Å². The summed E-state index contributed by atoms with van der Waals surface area (Å²) in [5.74, 6) is -0.0150. The van der Waals surface area contributed by atoms with Crippen LogP contribution in [0, 0.1) is 6.92 Å². The Kier molecular flexibility index (Phi) is 8.65. The molecule has 1 unspecified atom stereocenters. The van der Waals surface area contributed by atoms with Crippen molar-refractivity contribution in [2.24, 2.45) is 5.73 Å². The number of ether oxygens (including phenoxy) is 2. The maximum absolute atomic E-state index is 12.2. The van der Waals surface area contributed by atoms with Crippen molar-refractivity contribution in [3.63, 3.8) is 0 Å². The van der Waals surface area contributed by atoms with E-state index in [1.807, 2.05) is 37.3 Å². The van der Waals surface area contributed by atoms with Crippen molar-refractivity contribution < 1.29 is 23.9 Å². The topological polar surface area (TPSA) is 108 Å². The number of fused-ring (bicyclic) bond motifs is 1. The van der Waals surface area contributed by atoms with Gasteiger partial charge < -0.3 is 24.8 Å². The summed E-state index contributed by atoms with van der Waals surface area (Å²) < 4.78 is 12.4. The van der Waals surface area contributed by atoms with Gasteiger partial charge in [-0.3, -0.25) is 9.78 Å². The number of hydrogen-bond donors (Lipinski definition) is 2. The van der Waals surface area contributed by atoms with Gasteiger partial charge in [0.1, 0.15) is 24.8 Å². The van der Waals surface area contributed by atoms with Crippen molar-refractivity contribution in [1.82, 2.24) is 9.97 Å². The monoisotopic (exact) mass is 521 g/mol. The van der Waals surface area contributed by atoms with Gasteiger partial charge in [-0.05, 0) is 55.0 Å². The predicted octanol–water partition coefficient (Wildman–Crippen LogP) is 3.35. The van der Waals surface area contributed by atoms with E-state index in [1.54, 1.807) is 6.20 Å². The van der Waals surface area contributed by atoms with Crippen LogP contribution in [0.1, 0.15) is 43.1 Å². The largest absolute Gasteiger partial charge is 0.471 e. The van der Waals surface area contributed by atoms with Crippen LogP contribution in [0.2, 0.25) is 0 Å². The highest BCUT2D eigenvalue weighted by molar-refractivity contribution is 5.87. The number of amides is 1. The molecule has 8 nitrogen and oxygen atoms in total. The first-order valence-electron chi connectivity index (χ1n) is 13.5. The minimum atomic E-state index is -1.08. The number of benzene rings is 1. The van der Waals surface area contributed by atoms with Crippen LogP contribution in [0.25, 0.3) is 10.8 Å². The summed E-state index contributed by atoms with van der Waals surface area (Å²) >= 11 is 0. The Morgan fingerprint density at radius 2 is 2.05 bits per heavy atom. The third-order valence-electron chi connectivity index (χ3n) is 8.06. The van der Waals surface area contributed by atoms with E-state index in [-0.39, 0.29) is 0 Å².